The summed E-state index contributed by atoms with van der Waals surface area (Å²) in [4.78, 5) is 19.4. The van der Waals surface area contributed by atoms with Crippen LogP contribution in [0.5, 0.6) is 0 Å². The Kier molecular flexibility index (Phi) is 4.64. The third-order valence-corrected chi connectivity index (χ3v) is 4.31. The molecule has 0 saturated carbocycles. The summed E-state index contributed by atoms with van der Waals surface area (Å²) in [5, 5.41) is 4.45. The fourth-order valence-electron chi connectivity index (χ4n) is 3.52. The van der Waals surface area contributed by atoms with Crippen molar-refractivity contribution in [3.63, 3.8) is 0 Å². The van der Waals surface area contributed by atoms with Gasteiger partial charge in [0.2, 0.25) is 0 Å². The zero-order valence-electron chi connectivity index (χ0n) is 15.6. The predicted molar refractivity (Wildman–Crippen MR) is 96.0 cm³/mol. The highest BCUT2D eigenvalue weighted by molar-refractivity contribution is 5.95. The van der Waals surface area contributed by atoms with Crippen LogP contribution in [-0.2, 0) is 4.74 Å². The first-order chi connectivity index (χ1) is 11.8. The Hall–Kier alpha value is -2.21. The van der Waals surface area contributed by atoms with Crippen molar-refractivity contribution in [3.8, 4) is 5.82 Å². The minimum atomic E-state index is -0.345. The lowest BCUT2D eigenvalue weighted by molar-refractivity contribution is -0.118. The van der Waals surface area contributed by atoms with E-state index in [1.807, 2.05) is 43.9 Å². The van der Waals surface area contributed by atoms with E-state index < -0.39 is 0 Å². The molecule has 1 saturated heterocycles. The first kappa shape index (κ1) is 17.6. The molecule has 0 unspecified atom stereocenters. The van der Waals surface area contributed by atoms with Crippen LogP contribution in [0, 0.1) is 0 Å². The second-order valence-corrected chi connectivity index (χ2v) is 7.57. The number of carbonyl (C=O) groups is 1. The van der Waals surface area contributed by atoms with Gasteiger partial charge in [0.1, 0.15) is 0 Å². The summed E-state index contributed by atoms with van der Waals surface area (Å²) in [5.41, 5.74) is 1.19. The van der Waals surface area contributed by atoms with Crippen molar-refractivity contribution < 1.29 is 9.53 Å². The van der Waals surface area contributed by atoms with E-state index in [9.17, 15) is 4.79 Å². The number of rotatable bonds is 3. The standard InChI is InChI=1S/C19H26N4O2/c1-13(2)17-15(10-21-23(17)16-8-6-7-9-20-16)18(24)22-11-14(3)25-19(4,5)12-22/h6-10,13-14H,11-12H2,1-5H3/t14-/m0/s1. The fraction of sp³-hybridized carbons (Fsp3) is 0.526. The van der Waals surface area contributed by atoms with Crippen LogP contribution >= 0.6 is 0 Å². The molecule has 3 rings (SSSR count). The van der Waals surface area contributed by atoms with E-state index >= 15 is 0 Å². The van der Waals surface area contributed by atoms with Crippen molar-refractivity contribution in [1.29, 1.82) is 0 Å². The van der Waals surface area contributed by atoms with Crippen LogP contribution in [0.2, 0.25) is 0 Å². The van der Waals surface area contributed by atoms with Gasteiger partial charge in [-0.15, -0.1) is 0 Å². The molecule has 0 bridgehead atoms. The average Bonchev–Trinajstić information content (AvgIpc) is 2.98. The predicted octanol–water partition coefficient (Wildman–Crippen LogP) is 3.03. The maximum atomic E-state index is 13.2. The van der Waals surface area contributed by atoms with E-state index in [0.29, 0.717) is 18.7 Å². The fourth-order valence-corrected chi connectivity index (χ4v) is 3.52. The van der Waals surface area contributed by atoms with Crippen LogP contribution in [0.3, 0.4) is 0 Å². The Labute approximate surface area is 148 Å². The number of ether oxygens (including phenoxy) is 1. The molecule has 1 atom stereocenters. The maximum absolute atomic E-state index is 13.2. The van der Waals surface area contributed by atoms with Gasteiger partial charge in [-0.3, -0.25) is 4.79 Å². The van der Waals surface area contributed by atoms with Crippen LogP contribution in [0.1, 0.15) is 56.6 Å². The Morgan fingerprint density at radius 2 is 2.12 bits per heavy atom. The molecule has 1 aliphatic rings. The summed E-state index contributed by atoms with van der Waals surface area (Å²) in [7, 11) is 0. The molecule has 1 amide bonds. The van der Waals surface area contributed by atoms with Gasteiger partial charge < -0.3 is 9.64 Å². The quantitative estimate of drug-likeness (QED) is 0.860. The summed E-state index contributed by atoms with van der Waals surface area (Å²) in [5.74, 6) is 0.880. The van der Waals surface area contributed by atoms with Crippen LogP contribution in [-0.4, -0.2) is 50.4 Å². The first-order valence-electron chi connectivity index (χ1n) is 8.75. The molecule has 0 aliphatic carbocycles. The van der Waals surface area contributed by atoms with Gasteiger partial charge in [-0.2, -0.15) is 5.10 Å². The van der Waals surface area contributed by atoms with Crippen LogP contribution < -0.4 is 0 Å². The van der Waals surface area contributed by atoms with Crippen molar-refractivity contribution in [1.82, 2.24) is 19.7 Å². The lowest BCUT2D eigenvalue weighted by Crippen LogP contribution is -2.53. The average molecular weight is 342 g/mol. The summed E-state index contributed by atoms with van der Waals surface area (Å²) < 4.78 is 7.69. The van der Waals surface area contributed by atoms with Crippen molar-refractivity contribution >= 4 is 5.91 Å². The lowest BCUT2D eigenvalue weighted by atomic mass is 10.0. The van der Waals surface area contributed by atoms with Gasteiger partial charge >= 0.3 is 0 Å². The highest BCUT2D eigenvalue weighted by Gasteiger charge is 2.35. The molecule has 2 aromatic rings. The highest BCUT2D eigenvalue weighted by Crippen LogP contribution is 2.27. The van der Waals surface area contributed by atoms with Gasteiger partial charge in [-0.05, 0) is 38.8 Å². The molecule has 0 N–H and O–H groups in total. The van der Waals surface area contributed by atoms with Crippen molar-refractivity contribution in [2.75, 3.05) is 13.1 Å². The lowest BCUT2D eigenvalue weighted by Gasteiger charge is -2.41. The number of amides is 1. The van der Waals surface area contributed by atoms with Crippen LogP contribution in [0.25, 0.3) is 5.82 Å². The number of hydrogen-bond acceptors (Lipinski definition) is 4. The Bertz CT molecular complexity index is 752. The van der Waals surface area contributed by atoms with Gasteiger partial charge in [0.15, 0.2) is 5.82 Å². The Morgan fingerprint density at radius 3 is 2.72 bits per heavy atom. The first-order valence-corrected chi connectivity index (χ1v) is 8.75. The zero-order valence-corrected chi connectivity index (χ0v) is 15.6. The molecule has 25 heavy (non-hydrogen) atoms. The van der Waals surface area contributed by atoms with Crippen molar-refractivity contribution in [2.24, 2.45) is 0 Å². The van der Waals surface area contributed by atoms with Gasteiger partial charge in [-0.25, -0.2) is 9.67 Å². The Morgan fingerprint density at radius 1 is 1.36 bits per heavy atom. The second-order valence-electron chi connectivity index (χ2n) is 7.57. The topological polar surface area (TPSA) is 60.3 Å². The maximum Gasteiger partial charge on any atom is 0.257 e. The number of aromatic nitrogens is 3. The van der Waals surface area contributed by atoms with E-state index in [2.05, 4.69) is 23.9 Å². The third-order valence-electron chi connectivity index (χ3n) is 4.31. The Balaban J connectivity index is 1.97. The molecule has 0 spiro atoms. The van der Waals surface area contributed by atoms with Gasteiger partial charge in [0.05, 0.1) is 29.2 Å². The minimum absolute atomic E-state index is 0.00843. The third kappa shape index (κ3) is 3.58. The monoisotopic (exact) mass is 342 g/mol. The number of carbonyl (C=O) groups excluding carboxylic acids is 1. The van der Waals surface area contributed by atoms with Gasteiger partial charge in [-0.1, -0.05) is 19.9 Å². The van der Waals surface area contributed by atoms with E-state index in [-0.39, 0.29) is 23.5 Å². The molecule has 6 nitrogen and oxygen atoms in total. The molecule has 2 aromatic heterocycles. The van der Waals surface area contributed by atoms with E-state index in [1.165, 1.54) is 0 Å². The number of pyridine rings is 1. The molecule has 3 heterocycles. The molecule has 1 aliphatic heterocycles. The molecular weight excluding hydrogens is 316 g/mol. The van der Waals surface area contributed by atoms with Crippen LogP contribution in [0.15, 0.2) is 30.6 Å². The minimum Gasteiger partial charge on any atom is -0.369 e. The SMILES string of the molecule is CC(C)c1c(C(=O)N2C[C@H](C)OC(C)(C)C2)cnn1-c1ccccn1. The molecule has 0 radical (unpaired) electrons. The number of morpholine rings is 1. The van der Waals surface area contributed by atoms with Gasteiger partial charge in [0.25, 0.3) is 5.91 Å². The van der Waals surface area contributed by atoms with Gasteiger partial charge in [0, 0.05) is 19.3 Å². The van der Waals surface area contributed by atoms with E-state index in [0.717, 1.165) is 11.5 Å². The van der Waals surface area contributed by atoms with E-state index in [4.69, 9.17) is 4.74 Å². The largest absolute Gasteiger partial charge is 0.369 e. The zero-order chi connectivity index (χ0) is 18.2. The highest BCUT2D eigenvalue weighted by atomic mass is 16.5. The van der Waals surface area contributed by atoms with Crippen molar-refractivity contribution in [2.45, 2.75) is 52.2 Å². The second kappa shape index (κ2) is 6.59. The summed E-state index contributed by atoms with van der Waals surface area (Å²) in [6.07, 6.45) is 3.41. The van der Waals surface area contributed by atoms with Crippen LogP contribution in [0.4, 0.5) is 0 Å². The summed E-state index contributed by atoms with van der Waals surface area (Å²) >= 11 is 0. The molecule has 6 heteroatoms. The normalized spacial score (nSPS) is 20.1. The van der Waals surface area contributed by atoms with Crippen molar-refractivity contribution in [3.05, 3.63) is 41.9 Å². The number of hydrogen-bond donors (Lipinski definition) is 0. The summed E-state index contributed by atoms with van der Waals surface area (Å²) in [6.45, 7) is 11.3. The number of nitrogens with zero attached hydrogens (tertiary/aromatic N) is 4. The summed E-state index contributed by atoms with van der Waals surface area (Å²) in [6, 6.07) is 5.68. The van der Waals surface area contributed by atoms with E-state index in [1.54, 1.807) is 17.1 Å². The molecular formula is C19H26N4O2. The smallest absolute Gasteiger partial charge is 0.257 e. The molecule has 1 fully saturated rings. The molecule has 134 valence electrons. The molecule has 0 aromatic carbocycles.